The maximum absolute atomic E-state index is 11.8. The van der Waals surface area contributed by atoms with Crippen LogP contribution in [0.1, 0.15) is 22.6 Å². The Balaban J connectivity index is 1.82. The Kier molecular flexibility index (Phi) is 4.93. The smallest absolute Gasteiger partial charge is 0.270 e. The predicted octanol–water partition coefficient (Wildman–Crippen LogP) is 5.30. The second kappa shape index (κ2) is 7.34. The third kappa shape index (κ3) is 3.47. The molecule has 2 aromatic heterocycles. The number of benzene rings is 1. The topological polar surface area (TPSA) is 68.9 Å². The number of hydrogen-bond donors (Lipinski definition) is 1. The van der Waals surface area contributed by atoms with Crippen molar-refractivity contribution in [3.8, 4) is 10.4 Å². The zero-order chi connectivity index (χ0) is 18.1. The number of primary amides is 1. The van der Waals surface area contributed by atoms with E-state index in [0.717, 1.165) is 43.5 Å². The fraction of sp³-hybridized carbons (Fsp3) is 0.105. The van der Waals surface area contributed by atoms with Gasteiger partial charge in [0.15, 0.2) is 5.69 Å². The number of thioether (sulfide) groups is 1. The van der Waals surface area contributed by atoms with Gasteiger partial charge in [0.05, 0.1) is 10.4 Å². The first kappa shape index (κ1) is 17.5. The Hall–Kier alpha value is -1.96. The van der Waals surface area contributed by atoms with Crippen molar-refractivity contribution in [2.24, 2.45) is 5.73 Å². The summed E-state index contributed by atoms with van der Waals surface area (Å²) in [7, 11) is 0. The molecule has 1 aliphatic heterocycles. The first-order valence-corrected chi connectivity index (χ1v) is 10.5. The molecule has 4 nitrogen and oxygen atoms in total. The highest BCUT2D eigenvalue weighted by molar-refractivity contribution is 9.10. The second-order valence-electron chi connectivity index (χ2n) is 5.88. The molecule has 0 aliphatic carbocycles. The third-order valence-corrected chi connectivity index (χ3v) is 6.61. The van der Waals surface area contributed by atoms with E-state index in [1.54, 1.807) is 11.8 Å². The molecule has 0 bridgehead atoms. The molecule has 0 saturated heterocycles. The Morgan fingerprint density at radius 3 is 2.73 bits per heavy atom. The minimum atomic E-state index is -0.548. The van der Waals surface area contributed by atoms with E-state index in [9.17, 15) is 4.79 Å². The molecule has 1 aromatic carbocycles. The number of amides is 1. The van der Waals surface area contributed by atoms with E-state index in [1.165, 1.54) is 16.9 Å². The van der Waals surface area contributed by atoms with E-state index in [4.69, 9.17) is 5.73 Å². The van der Waals surface area contributed by atoms with Gasteiger partial charge in [-0.3, -0.25) is 4.79 Å². The van der Waals surface area contributed by atoms with Crippen molar-refractivity contribution in [1.29, 1.82) is 0 Å². The van der Waals surface area contributed by atoms with Crippen LogP contribution in [0.15, 0.2) is 57.3 Å². The summed E-state index contributed by atoms with van der Waals surface area (Å²) in [4.78, 5) is 12.9. The van der Waals surface area contributed by atoms with Gasteiger partial charge in [0.2, 0.25) is 0 Å². The normalized spacial score (nSPS) is 13.8. The molecular weight excluding hydrogens is 430 g/mol. The summed E-state index contributed by atoms with van der Waals surface area (Å²) in [6, 6.07) is 10.2. The van der Waals surface area contributed by atoms with Crippen LogP contribution in [0.3, 0.4) is 0 Å². The van der Waals surface area contributed by atoms with Crippen molar-refractivity contribution in [3.63, 3.8) is 0 Å². The lowest BCUT2D eigenvalue weighted by Gasteiger charge is -2.08. The zero-order valence-electron chi connectivity index (χ0n) is 13.6. The molecule has 26 heavy (non-hydrogen) atoms. The molecule has 7 heteroatoms. The standard InChI is InChI=1S/C19H14BrN3OS2/c20-13-5-3-12(4-6-13)16-9-14-15(8-11-2-1-7-25-10-11)22-23-17(19(21)24)18(14)26-16/h1,3-7,9-10H,2,8H2,(H2,21,24). The number of rotatable bonds is 4. The number of hydrogen-bond acceptors (Lipinski definition) is 5. The van der Waals surface area contributed by atoms with E-state index >= 15 is 0 Å². The predicted molar refractivity (Wildman–Crippen MR) is 112 cm³/mol. The van der Waals surface area contributed by atoms with E-state index in [1.807, 2.05) is 24.3 Å². The van der Waals surface area contributed by atoms with Crippen molar-refractivity contribution < 1.29 is 4.79 Å². The molecule has 130 valence electrons. The molecule has 1 amide bonds. The van der Waals surface area contributed by atoms with Crippen LogP contribution in [-0.4, -0.2) is 16.1 Å². The third-order valence-electron chi connectivity index (χ3n) is 4.07. The minimum Gasteiger partial charge on any atom is -0.364 e. The summed E-state index contributed by atoms with van der Waals surface area (Å²) >= 11 is 6.66. The first-order chi connectivity index (χ1) is 12.6. The van der Waals surface area contributed by atoms with Crippen LogP contribution in [0.25, 0.3) is 20.5 Å². The molecular formula is C19H14BrN3OS2. The Bertz CT molecular complexity index is 1050. The average Bonchev–Trinajstić information content (AvgIpc) is 3.09. The Morgan fingerprint density at radius 1 is 1.23 bits per heavy atom. The highest BCUT2D eigenvalue weighted by Gasteiger charge is 2.18. The molecule has 0 unspecified atom stereocenters. The lowest BCUT2D eigenvalue weighted by atomic mass is 10.0. The van der Waals surface area contributed by atoms with E-state index in [-0.39, 0.29) is 5.69 Å². The highest BCUT2D eigenvalue weighted by atomic mass is 79.9. The summed E-state index contributed by atoms with van der Waals surface area (Å²) in [6.07, 6.45) is 3.77. The van der Waals surface area contributed by atoms with Crippen LogP contribution in [0.4, 0.5) is 0 Å². The van der Waals surface area contributed by atoms with Gasteiger partial charge in [-0.2, -0.15) is 5.10 Å². The van der Waals surface area contributed by atoms with Gasteiger partial charge in [0.25, 0.3) is 5.91 Å². The number of allylic oxidation sites excluding steroid dienone is 2. The largest absolute Gasteiger partial charge is 0.364 e. The fourth-order valence-electron chi connectivity index (χ4n) is 2.81. The van der Waals surface area contributed by atoms with Crippen molar-refractivity contribution in [1.82, 2.24) is 10.2 Å². The minimum absolute atomic E-state index is 0.240. The maximum atomic E-state index is 11.8. The number of nitrogens with zero attached hydrogens (tertiary/aromatic N) is 2. The molecule has 0 fully saturated rings. The Morgan fingerprint density at radius 2 is 2.04 bits per heavy atom. The molecule has 0 atom stereocenters. The van der Waals surface area contributed by atoms with Crippen molar-refractivity contribution >= 4 is 55.0 Å². The van der Waals surface area contributed by atoms with Crippen LogP contribution in [0.2, 0.25) is 0 Å². The molecule has 3 aromatic rings. The average molecular weight is 444 g/mol. The number of aromatic nitrogens is 2. The molecule has 0 radical (unpaired) electrons. The molecule has 0 spiro atoms. The van der Waals surface area contributed by atoms with Crippen molar-refractivity contribution in [2.75, 3.05) is 0 Å². The van der Waals surface area contributed by atoms with Gasteiger partial charge in [-0.1, -0.05) is 39.7 Å². The van der Waals surface area contributed by atoms with Gasteiger partial charge < -0.3 is 5.73 Å². The van der Waals surface area contributed by atoms with Crippen LogP contribution in [0.5, 0.6) is 0 Å². The summed E-state index contributed by atoms with van der Waals surface area (Å²) in [5.41, 5.74) is 9.02. The number of carbonyl (C=O) groups is 1. The zero-order valence-corrected chi connectivity index (χ0v) is 16.8. The van der Waals surface area contributed by atoms with Gasteiger partial charge in [0.1, 0.15) is 0 Å². The van der Waals surface area contributed by atoms with Gasteiger partial charge in [0, 0.05) is 21.2 Å². The number of thiophene rings is 1. The number of fused-ring (bicyclic) bond motifs is 1. The number of nitrogens with two attached hydrogens (primary N) is 1. The van der Waals surface area contributed by atoms with Crippen molar-refractivity contribution in [2.45, 2.75) is 12.8 Å². The molecule has 3 heterocycles. The van der Waals surface area contributed by atoms with Gasteiger partial charge >= 0.3 is 0 Å². The van der Waals surface area contributed by atoms with Gasteiger partial charge in [-0.05, 0) is 41.0 Å². The SMILES string of the molecule is NC(=O)c1nnc(CC2=CSC=CC2)c2cc(-c3ccc(Br)cc3)sc12. The van der Waals surface area contributed by atoms with Gasteiger partial charge in [-0.25, -0.2) is 0 Å². The summed E-state index contributed by atoms with van der Waals surface area (Å²) in [5, 5.41) is 13.6. The van der Waals surface area contributed by atoms with Crippen LogP contribution in [-0.2, 0) is 6.42 Å². The lowest BCUT2D eigenvalue weighted by molar-refractivity contribution is 0.0996. The summed E-state index contributed by atoms with van der Waals surface area (Å²) < 4.78 is 1.83. The fourth-order valence-corrected chi connectivity index (χ4v) is 4.90. The van der Waals surface area contributed by atoms with Crippen LogP contribution < -0.4 is 5.73 Å². The highest BCUT2D eigenvalue weighted by Crippen LogP contribution is 2.37. The summed E-state index contributed by atoms with van der Waals surface area (Å²) in [5.74, 6) is -0.548. The van der Waals surface area contributed by atoms with E-state index in [0.29, 0.717) is 0 Å². The Labute approximate surface area is 167 Å². The van der Waals surface area contributed by atoms with Gasteiger partial charge in [-0.15, -0.1) is 28.2 Å². The number of carbonyl (C=O) groups excluding carboxylic acids is 1. The molecule has 0 saturated carbocycles. The van der Waals surface area contributed by atoms with E-state index < -0.39 is 5.91 Å². The first-order valence-electron chi connectivity index (χ1n) is 7.95. The monoisotopic (exact) mass is 443 g/mol. The quantitative estimate of drug-likeness (QED) is 0.593. The van der Waals surface area contributed by atoms with Crippen molar-refractivity contribution in [3.05, 3.63) is 68.7 Å². The lowest BCUT2D eigenvalue weighted by Crippen LogP contribution is -2.14. The molecule has 2 N–H and O–H groups in total. The summed E-state index contributed by atoms with van der Waals surface area (Å²) in [6.45, 7) is 0. The van der Waals surface area contributed by atoms with E-state index in [2.05, 4.69) is 49.1 Å². The molecule has 4 rings (SSSR count). The maximum Gasteiger partial charge on any atom is 0.270 e. The van der Waals surface area contributed by atoms with Crippen LogP contribution in [0, 0.1) is 0 Å². The molecule has 1 aliphatic rings. The second-order valence-corrected chi connectivity index (χ2v) is 8.63. The van der Waals surface area contributed by atoms with Crippen LogP contribution >= 0.6 is 39.0 Å². The number of halogens is 1.